The van der Waals surface area contributed by atoms with Crippen LogP contribution in [0.15, 0.2) is 11.3 Å². The van der Waals surface area contributed by atoms with Crippen LogP contribution in [0.5, 0.6) is 0 Å². The van der Waals surface area contributed by atoms with Crippen molar-refractivity contribution in [2.45, 2.75) is 174 Å². The van der Waals surface area contributed by atoms with E-state index in [1.54, 1.807) is 27.7 Å². The largest absolute Gasteiger partial charge is 0.488 e. The van der Waals surface area contributed by atoms with E-state index in [2.05, 4.69) is 0 Å². The molecule has 3 N–H and O–H groups in total. The second-order valence-electron chi connectivity index (χ2n) is 16.6. The SMILES string of the molecule is CC[C@H]1OC(=O)[C@H](C)[C@@H](O[C@H]2CC(C)(C)[C@@H](O)[C@H](C)O2)[C@H](C)[C@@H](O[C@@H]2O[C@H](C)C[C@H](N(C)C)[C@H]2O)[C@@]2(C)CC(C)=C(O2)[C@H](C)C(=O)[C@]1(C)O. The van der Waals surface area contributed by atoms with E-state index in [1.165, 1.54) is 6.92 Å². The fourth-order valence-corrected chi connectivity index (χ4v) is 8.59. The zero-order valence-electron chi connectivity index (χ0n) is 31.9. The van der Waals surface area contributed by atoms with Crippen LogP contribution < -0.4 is 0 Å². The average Bonchev–Trinajstić information content (AvgIpc) is 3.33. The minimum absolute atomic E-state index is 0.199. The fourth-order valence-electron chi connectivity index (χ4n) is 8.59. The van der Waals surface area contributed by atoms with E-state index < -0.39 is 95.3 Å². The Bertz CT molecular complexity index is 1230. The number of Topliss-reactive ketones (excluding diaryl/α,β-unsaturated/α-hetero) is 1. The van der Waals surface area contributed by atoms with Crippen molar-refractivity contribution >= 4 is 11.8 Å². The van der Waals surface area contributed by atoms with E-state index in [-0.39, 0.29) is 18.6 Å². The lowest BCUT2D eigenvalue weighted by Crippen LogP contribution is -2.59. The first-order valence-corrected chi connectivity index (χ1v) is 18.1. The summed E-state index contributed by atoms with van der Waals surface area (Å²) in [6.45, 7) is 19.9. The standard InChI is InChI=1S/C37H63NO11/c1-14-25-37(11,43)30(40)20(4)28-18(2)16-36(10,49-28)32(48-34-27(39)24(38(12)13)15-19(3)44-34)21(5)29(22(6)33(42)46-25)47-26-17-35(8,9)31(41)23(7)45-26/h19-27,29,31-32,34,39,41,43H,14-17H2,1-13H3/t19-,20+,21+,22-,23+,24+,25-,26+,27-,29+,31+,32-,34+,36-,37-/m1/s1. The molecule has 0 unspecified atom stereocenters. The summed E-state index contributed by atoms with van der Waals surface area (Å²) in [7, 11) is 3.81. The second kappa shape index (κ2) is 14.8. The third-order valence-electron chi connectivity index (χ3n) is 11.6. The molecule has 0 saturated carbocycles. The second-order valence-corrected chi connectivity index (χ2v) is 16.6. The highest BCUT2D eigenvalue weighted by molar-refractivity contribution is 5.91. The Kier molecular flexibility index (Phi) is 12.1. The molecule has 12 nitrogen and oxygen atoms in total. The van der Waals surface area contributed by atoms with E-state index in [9.17, 15) is 24.9 Å². The number of cyclic esters (lactones) is 1. The lowest BCUT2D eigenvalue weighted by Gasteiger charge is -2.48. The first-order valence-electron chi connectivity index (χ1n) is 18.1. The van der Waals surface area contributed by atoms with Crippen molar-refractivity contribution in [2.24, 2.45) is 23.2 Å². The summed E-state index contributed by atoms with van der Waals surface area (Å²) < 4.78 is 38.8. The summed E-state index contributed by atoms with van der Waals surface area (Å²) in [6, 6.07) is -0.232. The molecular weight excluding hydrogens is 634 g/mol. The van der Waals surface area contributed by atoms with Crippen molar-refractivity contribution in [3.8, 4) is 0 Å². The van der Waals surface area contributed by atoms with Gasteiger partial charge in [-0.05, 0) is 86.4 Å². The maximum atomic E-state index is 14.0. The zero-order valence-corrected chi connectivity index (χ0v) is 31.9. The van der Waals surface area contributed by atoms with Gasteiger partial charge in [-0.1, -0.05) is 27.7 Å². The number of hydrogen-bond acceptors (Lipinski definition) is 12. The van der Waals surface area contributed by atoms with Gasteiger partial charge in [-0.25, -0.2) is 0 Å². The molecule has 3 fully saturated rings. The van der Waals surface area contributed by atoms with Crippen LogP contribution in [0.25, 0.3) is 0 Å². The Morgan fingerprint density at radius 3 is 2.18 bits per heavy atom. The molecule has 3 saturated heterocycles. The van der Waals surface area contributed by atoms with Crippen molar-refractivity contribution in [3.63, 3.8) is 0 Å². The number of ketones is 1. The van der Waals surface area contributed by atoms with Crippen molar-refractivity contribution in [2.75, 3.05) is 14.1 Å². The molecule has 0 aliphatic carbocycles. The topological polar surface area (TPSA) is 153 Å². The van der Waals surface area contributed by atoms with Crippen LogP contribution in [0, 0.1) is 23.2 Å². The first kappa shape index (κ1) is 40.1. The molecule has 0 radical (unpaired) electrons. The van der Waals surface area contributed by atoms with Crippen LogP contribution in [0.3, 0.4) is 0 Å². The highest BCUT2D eigenvalue weighted by atomic mass is 16.7. The Labute approximate surface area is 292 Å². The quantitative estimate of drug-likeness (QED) is 0.347. The Morgan fingerprint density at radius 1 is 0.980 bits per heavy atom. The summed E-state index contributed by atoms with van der Waals surface area (Å²) in [5, 5.41) is 34.0. The highest BCUT2D eigenvalue weighted by Gasteiger charge is 2.56. The number of aliphatic hydroxyl groups is 3. The van der Waals surface area contributed by atoms with Crippen LogP contribution in [0.2, 0.25) is 0 Å². The summed E-state index contributed by atoms with van der Waals surface area (Å²) in [6.07, 6.45) is -5.55. The smallest absolute Gasteiger partial charge is 0.311 e. The van der Waals surface area contributed by atoms with Gasteiger partial charge in [0.1, 0.15) is 29.7 Å². The third-order valence-corrected chi connectivity index (χ3v) is 11.6. The molecule has 0 spiro atoms. The van der Waals surface area contributed by atoms with Gasteiger partial charge in [-0.15, -0.1) is 0 Å². The molecule has 4 aliphatic rings. The van der Waals surface area contributed by atoms with E-state index in [1.807, 2.05) is 60.5 Å². The van der Waals surface area contributed by atoms with Gasteiger partial charge >= 0.3 is 5.97 Å². The third kappa shape index (κ3) is 7.91. The Morgan fingerprint density at radius 2 is 1.61 bits per heavy atom. The van der Waals surface area contributed by atoms with Crippen molar-refractivity contribution in [3.05, 3.63) is 11.3 Å². The number of ether oxygens (including phenoxy) is 6. The van der Waals surface area contributed by atoms with Gasteiger partial charge in [0.25, 0.3) is 0 Å². The van der Waals surface area contributed by atoms with E-state index in [0.29, 0.717) is 25.0 Å². The number of hydrogen-bond donors (Lipinski definition) is 3. The Hall–Kier alpha value is -1.64. The number of rotatable bonds is 6. The van der Waals surface area contributed by atoms with Crippen LogP contribution >= 0.6 is 0 Å². The van der Waals surface area contributed by atoms with Gasteiger partial charge in [-0.3, -0.25) is 9.59 Å². The average molecular weight is 698 g/mol. The molecule has 282 valence electrons. The number of esters is 1. The van der Waals surface area contributed by atoms with Crippen LogP contribution in [0.4, 0.5) is 0 Å². The maximum Gasteiger partial charge on any atom is 0.311 e. The fraction of sp³-hybridized carbons (Fsp3) is 0.892. The van der Waals surface area contributed by atoms with E-state index in [0.717, 1.165) is 5.57 Å². The highest BCUT2D eigenvalue weighted by Crippen LogP contribution is 2.47. The molecule has 0 aromatic heterocycles. The normalized spacial score (nSPS) is 46.8. The molecule has 49 heavy (non-hydrogen) atoms. The number of aliphatic hydroxyl groups excluding tert-OH is 2. The molecule has 15 atom stereocenters. The van der Waals surface area contributed by atoms with Gasteiger partial charge in [0.15, 0.2) is 24.0 Å². The van der Waals surface area contributed by atoms with Crippen LogP contribution in [-0.4, -0.2) is 119 Å². The molecule has 0 amide bonds. The van der Waals surface area contributed by atoms with Gasteiger partial charge in [0.05, 0.1) is 36.3 Å². The number of likely N-dealkylation sites (N-methyl/N-ethyl adjacent to an activating group) is 1. The first-order chi connectivity index (χ1) is 22.5. The number of nitrogens with zero attached hydrogens (tertiary/aromatic N) is 1. The zero-order chi connectivity index (χ0) is 37.0. The summed E-state index contributed by atoms with van der Waals surface area (Å²) >= 11 is 0. The van der Waals surface area contributed by atoms with Crippen LogP contribution in [0.1, 0.15) is 102 Å². The van der Waals surface area contributed by atoms with E-state index >= 15 is 0 Å². The molecule has 0 aromatic rings. The maximum absolute atomic E-state index is 14.0. The van der Waals surface area contributed by atoms with E-state index in [4.69, 9.17) is 28.4 Å². The number of carbonyl (C=O) groups is 2. The summed E-state index contributed by atoms with van der Waals surface area (Å²) in [5.74, 6) is -3.08. The molecule has 12 heteroatoms. The number of carbonyl (C=O) groups excluding carboxylic acids is 2. The molecule has 2 bridgehead atoms. The monoisotopic (exact) mass is 697 g/mol. The summed E-state index contributed by atoms with van der Waals surface area (Å²) in [5.41, 5.74) is -2.79. The minimum Gasteiger partial charge on any atom is -0.488 e. The van der Waals surface area contributed by atoms with Gasteiger partial charge < -0.3 is 48.6 Å². The van der Waals surface area contributed by atoms with Gasteiger partial charge in [-0.2, -0.15) is 0 Å². The molecule has 4 rings (SSSR count). The van der Waals surface area contributed by atoms with Crippen LogP contribution in [-0.2, 0) is 38.0 Å². The predicted molar refractivity (Wildman–Crippen MR) is 181 cm³/mol. The van der Waals surface area contributed by atoms with Crippen molar-refractivity contribution < 1.29 is 53.3 Å². The predicted octanol–water partition coefficient (Wildman–Crippen LogP) is 3.72. The molecule has 4 aliphatic heterocycles. The minimum atomic E-state index is -2.00. The van der Waals surface area contributed by atoms with Gasteiger partial charge in [0.2, 0.25) is 0 Å². The summed E-state index contributed by atoms with van der Waals surface area (Å²) in [4.78, 5) is 29.9. The molecule has 4 heterocycles. The lowest BCUT2D eigenvalue weighted by atomic mass is 9.77. The van der Waals surface area contributed by atoms with Crippen molar-refractivity contribution in [1.82, 2.24) is 4.90 Å². The van der Waals surface area contributed by atoms with Gasteiger partial charge in [0, 0.05) is 24.8 Å². The number of allylic oxidation sites excluding steroid dienone is 1. The molecule has 0 aromatic carbocycles. The molecular formula is C37H63NO11. The Balaban J connectivity index is 1.84. The van der Waals surface area contributed by atoms with Crippen molar-refractivity contribution in [1.29, 1.82) is 0 Å². The number of fused-ring (bicyclic) bond motifs is 2. The lowest BCUT2D eigenvalue weighted by molar-refractivity contribution is -0.311.